The highest BCUT2D eigenvalue weighted by Crippen LogP contribution is 2.14. The third-order valence-electron chi connectivity index (χ3n) is 5.01. The number of aromatic nitrogens is 4. The van der Waals surface area contributed by atoms with Gasteiger partial charge in [0.25, 0.3) is 11.1 Å². The van der Waals surface area contributed by atoms with Crippen molar-refractivity contribution >= 4 is 27.6 Å². The third-order valence-corrected chi connectivity index (χ3v) is 5.01. The summed E-state index contributed by atoms with van der Waals surface area (Å²) in [6.45, 7) is 2.16. The van der Waals surface area contributed by atoms with Crippen LogP contribution in [0.4, 0.5) is 0 Å². The second-order valence-corrected chi connectivity index (χ2v) is 6.94. The molecule has 9 nitrogen and oxygen atoms in total. The summed E-state index contributed by atoms with van der Waals surface area (Å²) in [5.74, 6) is -0.668. The second-order valence-electron chi connectivity index (χ2n) is 6.94. The number of hydrogen-bond donors (Lipinski definition) is 1. The van der Waals surface area contributed by atoms with Gasteiger partial charge in [0.2, 0.25) is 0 Å². The first-order chi connectivity index (χ1) is 15.0. The standard InChI is InChI=1S/C22H20N4O5/c1-2-26-20(28)15-9-4-3-8-14(15)18(24-26)21(29)31-13-7-12-25-19(27)16-10-5-6-11-17(16)23-22(25)30/h3-6,8-11H,2,7,12-13H2,1H3,(H,23,30). The van der Waals surface area contributed by atoms with Gasteiger partial charge in [0.1, 0.15) is 0 Å². The number of aryl methyl sites for hydroxylation is 1. The van der Waals surface area contributed by atoms with Crippen LogP contribution in [0, 0.1) is 0 Å². The average Bonchev–Trinajstić information content (AvgIpc) is 2.78. The molecular formula is C22H20N4O5. The molecule has 31 heavy (non-hydrogen) atoms. The number of para-hydroxylation sites is 1. The van der Waals surface area contributed by atoms with Crippen LogP contribution in [-0.2, 0) is 17.8 Å². The number of carbonyl (C=O) groups is 1. The molecule has 158 valence electrons. The maximum Gasteiger partial charge on any atom is 0.359 e. The Morgan fingerprint density at radius 3 is 2.39 bits per heavy atom. The summed E-state index contributed by atoms with van der Waals surface area (Å²) in [6.07, 6.45) is 0.262. The molecular weight excluding hydrogens is 400 g/mol. The van der Waals surface area contributed by atoms with Crippen molar-refractivity contribution in [2.75, 3.05) is 6.61 Å². The maximum atomic E-state index is 12.6. The van der Waals surface area contributed by atoms with E-state index in [4.69, 9.17) is 4.74 Å². The summed E-state index contributed by atoms with van der Waals surface area (Å²) >= 11 is 0. The van der Waals surface area contributed by atoms with E-state index in [2.05, 4.69) is 10.1 Å². The van der Waals surface area contributed by atoms with Gasteiger partial charge in [-0.25, -0.2) is 14.3 Å². The monoisotopic (exact) mass is 420 g/mol. The molecule has 0 spiro atoms. The van der Waals surface area contributed by atoms with Crippen molar-refractivity contribution in [1.82, 2.24) is 19.3 Å². The predicted molar refractivity (Wildman–Crippen MR) is 115 cm³/mol. The summed E-state index contributed by atoms with van der Waals surface area (Å²) in [5, 5.41) is 5.36. The van der Waals surface area contributed by atoms with Crippen LogP contribution in [-0.4, -0.2) is 31.9 Å². The normalized spacial score (nSPS) is 11.1. The topological polar surface area (TPSA) is 116 Å². The molecule has 0 radical (unpaired) electrons. The average molecular weight is 420 g/mol. The van der Waals surface area contributed by atoms with E-state index >= 15 is 0 Å². The molecule has 4 rings (SSSR count). The number of rotatable bonds is 6. The smallest absolute Gasteiger partial charge is 0.359 e. The van der Waals surface area contributed by atoms with Crippen molar-refractivity contribution in [1.29, 1.82) is 0 Å². The summed E-state index contributed by atoms with van der Waals surface area (Å²) in [5.41, 5.74) is -0.655. The molecule has 0 aliphatic heterocycles. The molecule has 0 atom stereocenters. The van der Waals surface area contributed by atoms with Crippen molar-refractivity contribution in [2.24, 2.45) is 0 Å². The fourth-order valence-corrected chi connectivity index (χ4v) is 3.46. The SMILES string of the molecule is CCn1nc(C(=O)OCCCn2c(=O)[nH]c3ccccc3c2=O)c2ccccc2c1=O. The lowest BCUT2D eigenvalue weighted by Gasteiger charge is -2.10. The first-order valence-corrected chi connectivity index (χ1v) is 9.90. The van der Waals surface area contributed by atoms with Gasteiger partial charge in [-0.1, -0.05) is 30.3 Å². The molecule has 0 aliphatic carbocycles. The minimum Gasteiger partial charge on any atom is -0.461 e. The highest BCUT2D eigenvalue weighted by molar-refractivity contribution is 6.02. The van der Waals surface area contributed by atoms with E-state index in [1.807, 2.05) is 0 Å². The molecule has 0 amide bonds. The van der Waals surface area contributed by atoms with E-state index in [0.717, 1.165) is 4.57 Å². The molecule has 1 N–H and O–H groups in total. The van der Waals surface area contributed by atoms with Crippen molar-refractivity contribution in [2.45, 2.75) is 26.4 Å². The largest absolute Gasteiger partial charge is 0.461 e. The van der Waals surface area contributed by atoms with E-state index in [1.165, 1.54) is 4.68 Å². The van der Waals surface area contributed by atoms with Crippen molar-refractivity contribution in [3.05, 3.63) is 85.4 Å². The Labute approximate surface area is 175 Å². The lowest BCUT2D eigenvalue weighted by atomic mass is 10.1. The zero-order chi connectivity index (χ0) is 22.0. The van der Waals surface area contributed by atoms with E-state index < -0.39 is 17.2 Å². The number of hydrogen-bond acceptors (Lipinski definition) is 6. The summed E-state index contributed by atoms with van der Waals surface area (Å²) in [4.78, 5) is 52.4. The fourth-order valence-electron chi connectivity index (χ4n) is 3.46. The first kappa shape index (κ1) is 20.3. The molecule has 4 aromatic rings. The Kier molecular flexibility index (Phi) is 5.48. The Morgan fingerprint density at radius 1 is 0.968 bits per heavy atom. The van der Waals surface area contributed by atoms with E-state index in [9.17, 15) is 19.2 Å². The summed E-state index contributed by atoms with van der Waals surface area (Å²) in [6, 6.07) is 13.5. The van der Waals surface area contributed by atoms with Gasteiger partial charge in [-0.15, -0.1) is 0 Å². The highest BCUT2D eigenvalue weighted by atomic mass is 16.5. The Balaban J connectivity index is 1.51. The molecule has 9 heteroatoms. The van der Waals surface area contributed by atoms with Gasteiger partial charge in [0, 0.05) is 18.5 Å². The number of fused-ring (bicyclic) bond motifs is 2. The van der Waals surface area contributed by atoms with Crippen LogP contribution in [0.25, 0.3) is 21.7 Å². The Hall–Kier alpha value is -4.01. The molecule has 0 aliphatic rings. The minimum absolute atomic E-state index is 0.0151. The molecule has 0 unspecified atom stereocenters. The molecule has 2 aromatic heterocycles. The zero-order valence-electron chi connectivity index (χ0n) is 16.8. The van der Waals surface area contributed by atoms with Crippen LogP contribution in [0.15, 0.2) is 62.9 Å². The number of aromatic amines is 1. The van der Waals surface area contributed by atoms with Crippen LogP contribution >= 0.6 is 0 Å². The van der Waals surface area contributed by atoms with E-state index in [1.54, 1.807) is 55.5 Å². The van der Waals surface area contributed by atoms with Gasteiger partial charge >= 0.3 is 11.7 Å². The molecule has 2 heterocycles. The lowest BCUT2D eigenvalue weighted by Crippen LogP contribution is -2.35. The van der Waals surface area contributed by atoms with Gasteiger partial charge in [0.05, 0.1) is 22.9 Å². The summed E-state index contributed by atoms with van der Waals surface area (Å²) in [7, 11) is 0. The first-order valence-electron chi connectivity index (χ1n) is 9.90. The predicted octanol–water partition coefficient (Wildman–Crippen LogP) is 1.67. The third kappa shape index (κ3) is 3.77. The van der Waals surface area contributed by atoms with Gasteiger partial charge in [-0.2, -0.15) is 5.10 Å². The molecule has 0 bridgehead atoms. The van der Waals surface area contributed by atoms with Crippen molar-refractivity contribution in [3.63, 3.8) is 0 Å². The number of esters is 1. The number of H-pyrrole nitrogens is 1. The van der Waals surface area contributed by atoms with Crippen molar-refractivity contribution in [3.8, 4) is 0 Å². The van der Waals surface area contributed by atoms with E-state index in [-0.39, 0.29) is 30.8 Å². The molecule has 0 saturated carbocycles. The Morgan fingerprint density at radius 2 is 1.65 bits per heavy atom. The van der Waals surface area contributed by atoms with Gasteiger partial charge in [-0.05, 0) is 31.5 Å². The number of carbonyl (C=O) groups excluding carboxylic acids is 1. The quantitative estimate of drug-likeness (QED) is 0.375. The van der Waals surface area contributed by atoms with Gasteiger partial charge < -0.3 is 9.72 Å². The van der Waals surface area contributed by atoms with Gasteiger partial charge in [0.15, 0.2) is 5.69 Å². The summed E-state index contributed by atoms with van der Waals surface area (Å²) < 4.78 is 7.62. The highest BCUT2D eigenvalue weighted by Gasteiger charge is 2.17. The lowest BCUT2D eigenvalue weighted by molar-refractivity contribution is 0.0488. The van der Waals surface area contributed by atoms with Gasteiger partial charge in [-0.3, -0.25) is 14.2 Å². The second kappa shape index (κ2) is 8.39. The molecule has 2 aromatic carbocycles. The fraction of sp³-hybridized carbons (Fsp3) is 0.227. The van der Waals surface area contributed by atoms with Crippen LogP contribution in [0.1, 0.15) is 23.8 Å². The number of nitrogens with zero attached hydrogens (tertiary/aromatic N) is 3. The number of nitrogens with one attached hydrogen (secondary N) is 1. The van der Waals surface area contributed by atoms with Crippen LogP contribution in [0.2, 0.25) is 0 Å². The minimum atomic E-state index is -0.668. The van der Waals surface area contributed by atoms with Crippen LogP contribution in [0.5, 0.6) is 0 Å². The van der Waals surface area contributed by atoms with Crippen LogP contribution in [0.3, 0.4) is 0 Å². The Bertz CT molecular complexity index is 1470. The van der Waals surface area contributed by atoms with Crippen LogP contribution < -0.4 is 16.8 Å². The van der Waals surface area contributed by atoms with E-state index in [0.29, 0.717) is 28.2 Å². The van der Waals surface area contributed by atoms with Crippen molar-refractivity contribution < 1.29 is 9.53 Å². The number of ether oxygens (including phenoxy) is 1. The molecule has 0 fully saturated rings. The molecule has 0 saturated heterocycles. The zero-order valence-corrected chi connectivity index (χ0v) is 16.8. The number of benzene rings is 2. The maximum absolute atomic E-state index is 12.6.